The maximum absolute atomic E-state index is 11.5. The van der Waals surface area contributed by atoms with E-state index in [0.717, 1.165) is 10.1 Å². The Labute approximate surface area is 111 Å². The van der Waals surface area contributed by atoms with Crippen molar-refractivity contribution in [1.82, 2.24) is 19.8 Å². The highest BCUT2D eigenvalue weighted by atomic mass is 32.2. The van der Waals surface area contributed by atoms with E-state index < -0.39 is 0 Å². The van der Waals surface area contributed by atoms with Crippen molar-refractivity contribution in [3.05, 3.63) is 52.4 Å². The molecule has 0 spiro atoms. The van der Waals surface area contributed by atoms with Gasteiger partial charge < -0.3 is 0 Å². The van der Waals surface area contributed by atoms with Crippen LogP contribution in [-0.2, 0) is 5.75 Å². The molecule has 0 saturated heterocycles. The molecule has 0 bridgehead atoms. The molecule has 0 unspecified atom stereocenters. The van der Waals surface area contributed by atoms with Crippen molar-refractivity contribution in [3.8, 4) is 0 Å². The first-order chi connectivity index (χ1) is 8.83. The Morgan fingerprint density at radius 2 is 2.11 bits per heavy atom. The standard InChI is InChI=1S/C11H8N4OS2/c16-9-6-12-13-10-15(9)14-11(18-10)17-7-8-4-2-1-3-5-8/h1-6H,7H2. The Bertz CT molecular complexity index is 722. The van der Waals surface area contributed by atoms with E-state index >= 15 is 0 Å². The molecule has 0 atom stereocenters. The SMILES string of the molecule is O=c1cnnc2sc(SCc3ccccc3)nn12. The van der Waals surface area contributed by atoms with E-state index in [9.17, 15) is 4.79 Å². The minimum atomic E-state index is -0.247. The highest BCUT2D eigenvalue weighted by Crippen LogP contribution is 2.25. The van der Waals surface area contributed by atoms with Gasteiger partial charge in [-0.1, -0.05) is 53.4 Å². The van der Waals surface area contributed by atoms with E-state index in [4.69, 9.17) is 0 Å². The van der Waals surface area contributed by atoms with Crippen LogP contribution in [0.1, 0.15) is 5.56 Å². The molecule has 90 valence electrons. The molecule has 0 saturated carbocycles. The van der Waals surface area contributed by atoms with Gasteiger partial charge in [0.05, 0.1) is 0 Å². The predicted molar refractivity (Wildman–Crippen MR) is 70.9 cm³/mol. The van der Waals surface area contributed by atoms with Gasteiger partial charge >= 0.3 is 0 Å². The Balaban J connectivity index is 1.83. The van der Waals surface area contributed by atoms with E-state index in [1.54, 1.807) is 11.8 Å². The number of aromatic nitrogens is 4. The maximum atomic E-state index is 11.5. The van der Waals surface area contributed by atoms with Gasteiger partial charge in [-0.05, 0) is 5.56 Å². The van der Waals surface area contributed by atoms with Gasteiger partial charge in [-0.15, -0.1) is 10.2 Å². The van der Waals surface area contributed by atoms with Crippen LogP contribution in [0.4, 0.5) is 0 Å². The summed E-state index contributed by atoms with van der Waals surface area (Å²) >= 11 is 2.96. The normalized spacial score (nSPS) is 10.9. The summed E-state index contributed by atoms with van der Waals surface area (Å²) in [6.07, 6.45) is 1.17. The van der Waals surface area contributed by atoms with Gasteiger partial charge in [0.1, 0.15) is 6.20 Å². The number of benzene rings is 1. The van der Waals surface area contributed by atoms with Crippen LogP contribution in [0.3, 0.4) is 0 Å². The lowest BCUT2D eigenvalue weighted by atomic mass is 10.2. The molecule has 3 aromatic rings. The van der Waals surface area contributed by atoms with E-state index in [1.807, 2.05) is 18.2 Å². The molecule has 3 rings (SSSR count). The van der Waals surface area contributed by atoms with Gasteiger partial charge in [-0.2, -0.15) is 9.61 Å². The van der Waals surface area contributed by atoms with Crippen LogP contribution in [0.2, 0.25) is 0 Å². The molecule has 0 aliphatic heterocycles. The predicted octanol–water partition coefficient (Wildman–Crippen LogP) is 1.84. The zero-order valence-corrected chi connectivity index (χ0v) is 10.8. The molecule has 0 aliphatic carbocycles. The van der Waals surface area contributed by atoms with E-state index in [1.165, 1.54) is 27.6 Å². The quantitative estimate of drug-likeness (QED) is 0.683. The van der Waals surface area contributed by atoms with Gasteiger partial charge in [0.15, 0.2) is 4.34 Å². The van der Waals surface area contributed by atoms with Crippen molar-refractivity contribution in [2.24, 2.45) is 0 Å². The maximum Gasteiger partial charge on any atom is 0.293 e. The molecule has 0 radical (unpaired) electrons. The molecule has 0 fully saturated rings. The second-order valence-corrected chi connectivity index (χ2v) is 5.70. The summed E-state index contributed by atoms with van der Waals surface area (Å²) in [6, 6.07) is 10.1. The van der Waals surface area contributed by atoms with Crippen molar-refractivity contribution < 1.29 is 0 Å². The molecule has 2 heterocycles. The Morgan fingerprint density at radius 3 is 2.89 bits per heavy atom. The van der Waals surface area contributed by atoms with Crippen molar-refractivity contribution in [2.75, 3.05) is 0 Å². The summed E-state index contributed by atoms with van der Waals surface area (Å²) in [6.45, 7) is 0. The summed E-state index contributed by atoms with van der Waals surface area (Å²) < 4.78 is 2.10. The smallest absolute Gasteiger partial charge is 0.265 e. The monoisotopic (exact) mass is 276 g/mol. The highest BCUT2D eigenvalue weighted by molar-refractivity contribution is 8.00. The Morgan fingerprint density at radius 1 is 1.28 bits per heavy atom. The van der Waals surface area contributed by atoms with Crippen LogP contribution in [-0.4, -0.2) is 19.8 Å². The van der Waals surface area contributed by atoms with Crippen molar-refractivity contribution in [1.29, 1.82) is 0 Å². The molecule has 5 nitrogen and oxygen atoms in total. The lowest BCUT2D eigenvalue weighted by Gasteiger charge is -1.96. The van der Waals surface area contributed by atoms with E-state index in [0.29, 0.717) is 4.96 Å². The molecule has 0 N–H and O–H groups in total. The average molecular weight is 276 g/mol. The first-order valence-corrected chi connectivity index (χ1v) is 7.01. The van der Waals surface area contributed by atoms with Crippen LogP contribution < -0.4 is 5.56 Å². The molecular formula is C11H8N4OS2. The minimum absolute atomic E-state index is 0.247. The summed E-state index contributed by atoms with van der Waals surface area (Å²) in [5, 5.41) is 11.7. The number of rotatable bonds is 3. The highest BCUT2D eigenvalue weighted by Gasteiger charge is 2.07. The molecule has 0 amide bonds. The number of hydrogen-bond donors (Lipinski definition) is 0. The Hall–Kier alpha value is -1.73. The van der Waals surface area contributed by atoms with Crippen LogP contribution in [0.15, 0.2) is 45.7 Å². The largest absolute Gasteiger partial charge is 0.293 e. The summed E-state index contributed by atoms with van der Waals surface area (Å²) in [5.41, 5.74) is 0.975. The lowest BCUT2D eigenvalue weighted by molar-refractivity contribution is 0.823. The van der Waals surface area contributed by atoms with Crippen molar-refractivity contribution >= 4 is 28.1 Å². The van der Waals surface area contributed by atoms with Gasteiger partial charge in [0.25, 0.3) is 5.56 Å². The van der Waals surface area contributed by atoms with Crippen molar-refractivity contribution in [3.63, 3.8) is 0 Å². The molecule has 0 aliphatic rings. The lowest BCUT2D eigenvalue weighted by Crippen LogP contribution is -2.14. The number of thioether (sulfide) groups is 1. The Kier molecular flexibility index (Phi) is 3.07. The zero-order chi connectivity index (χ0) is 12.4. The molecule has 1 aromatic carbocycles. The second-order valence-electron chi connectivity index (χ2n) is 3.52. The fraction of sp³-hybridized carbons (Fsp3) is 0.0909. The second kappa shape index (κ2) is 4.87. The van der Waals surface area contributed by atoms with Gasteiger partial charge in [0, 0.05) is 5.75 Å². The zero-order valence-electron chi connectivity index (χ0n) is 9.18. The first kappa shape index (κ1) is 11.4. The minimum Gasteiger partial charge on any atom is -0.265 e. The summed E-state index contributed by atoms with van der Waals surface area (Å²) in [4.78, 5) is 12.0. The summed E-state index contributed by atoms with van der Waals surface area (Å²) in [7, 11) is 0. The number of fused-ring (bicyclic) bond motifs is 1. The fourth-order valence-corrected chi connectivity index (χ4v) is 3.27. The van der Waals surface area contributed by atoms with E-state index in [2.05, 4.69) is 27.4 Å². The summed E-state index contributed by atoms with van der Waals surface area (Å²) in [5.74, 6) is 0.822. The fourth-order valence-electron chi connectivity index (χ4n) is 1.43. The molecular weight excluding hydrogens is 268 g/mol. The van der Waals surface area contributed by atoms with Crippen LogP contribution in [0, 0.1) is 0 Å². The third-order valence-corrected chi connectivity index (χ3v) is 4.37. The van der Waals surface area contributed by atoms with Crippen LogP contribution in [0.5, 0.6) is 0 Å². The number of hydrogen-bond acceptors (Lipinski definition) is 6. The van der Waals surface area contributed by atoms with Crippen molar-refractivity contribution in [2.45, 2.75) is 10.1 Å². The van der Waals surface area contributed by atoms with Crippen LogP contribution in [0.25, 0.3) is 4.96 Å². The third-order valence-electron chi connectivity index (χ3n) is 2.27. The topological polar surface area (TPSA) is 60.2 Å². The molecule has 2 aromatic heterocycles. The van der Waals surface area contributed by atoms with E-state index in [-0.39, 0.29) is 5.56 Å². The van der Waals surface area contributed by atoms with Crippen LogP contribution >= 0.6 is 23.1 Å². The number of nitrogens with zero attached hydrogens (tertiary/aromatic N) is 4. The van der Waals surface area contributed by atoms with Gasteiger partial charge in [0.2, 0.25) is 4.96 Å². The molecule has 18 heavy (non-hydrogen) atoms. The molecule has 7 heteroatoms. The third kappa shape index (κ3) is 2.27. The van der Waals surface area contributed by atoms with Gasteiger partial charge in [-0.25, -0.2) is 0 Å². The van der Waals surface area contributed by atoms with Gasteiger partial charge in [-0.3, -0.25) is 4.79 Å². The first-order valence-electron chi connectivity index (χ1n) is 5.21. The average Bonchev–Trinajstić information content (AvgIpc) is 2.82.